The standard InChI is InChI=1S/C21H28N4O5.Na/c1-12(2)9-19(27)24-16(7-8-18(22)26)20(28)25-17(21(29)30)10-13-11-23-15-6-4-3-5-14(13)15;/h3-6,11-12,16-17,23H,7-10H2,1-2H3,(H2,22,26)(H,24,27)(H,25,28)(H,29,30);/t16-,17-;/m0./s1. The van der Waals surface area contributed by atoms with Crippen molar-refractivity contribution in [3.05, 3.63) is 36.0 Å². The molecule has 3 amide bonds. The molecule has 2 atom stereocenters. The Morgan fingerprint density at radius 2 is 1.77 bits per heavy atom. The molecule has 10 heteroatoms. The predicted molar refractivity (Wildman–Crippen MR) is 117 cm³/mol. The van der Waals surface area contributed by atoms with Gasteiger partial charge < -0.3 is 26.5 Å². The summed E-state index contributed by atoms with van der Waals surface area (Å²) in [5.74, 6) is -2.74. The van der Waals surface area contributed by atoms with Crippen LogP contribution in [0.25, 0.3) is 10.9 Å². The minimum atomic E-state index is -1.20. The van der Waals surface area contributed by atoms with Gasteiger partial charge in [-0.1, -0.05) is 32.0 Å². The van der Waals surface area contributed by atoms with Crippen LogP contribution in [0.1, 0.15) is 38.7 Å². The fraction of sp³-hybridized carbons (Fsp3) is 0.429. The molecule has 2 rings (SSSR count). The fourth-order valence-electron chi connectivity index (χ4n) is 3.17. The van der Waals surface area contributed by atoms with Crippen molar-refractivity contribution in [2.75, 3.05) is 0 Å². The Hall–Kier alpha value is -2.36. The molecular weight excluding hydrogens is 411 g/mol. The topological polar surface area (TPSA) is 154 Å². The minimum absolute atomic E-state index is 0. The van der Waals surface area contributed by atoms with Gasteiger partial charge in [0, 0.05) is 65.9 Å². The zero-order valence-electron chi connectivity index (χ0n) is 18.1. The Labute approximate surface area is 202 Å². The number of rotatable bonds is 11. The fourth-order valence-corrected chi connectivity index (χ4v) is 3.17. The summed E-state index contributed by atoms with van der Waals surface area (Å²) < 4.78 is 0. The van der Waals surface area contributed by atoms with Crippen LogP contribution in [0.3, 0.4) is 0 Å². The Balaban J connectivity index is 0.00000480. The molecule has 0 saturated carbocycles. The van der Waals surface area contributed by atoms with Crippen molar-refractivity contribution in [3.63, 3.8) is 0 Å². The smallest absolute Gasteiger partial charge is 0.326 e. The molecule has 0 spiro atoms. The maximum absolute atomic E-state index is 12.7. The number of carbonyl (C=O) groups is 4. The molecule has 0 bridgehead atoms. The quantitative estimate of drug-likeness (QED) is 0.326. The van der Waals surface area contributed by atoms with E-state index in [1.54, 1.807) is 6.20 Å². The number of H-pyrrole nitrogens is 1. The first kappa shape index (κ1) is 26.7. The Morgan fingerprint density at radius 1 is 1.10 bits per heavy atom. The SMILES string of the molecule is CC(C)CC(=O)N[C@@H](CCC(N)=O)C(=O)N[C@@H](Cc1c[nH]c2ccccc12)C(=O)O.[Na]. The van der Waals surface area contributed by atoms with Gasteiger partial charge in [-0.15, -0.1) is 0 Å². The predicted octanol–water partition coefficient (Wildman–Crippen LogP) is 0.695. The number of aromatic nitrogens is 1. The van der Waals surface area contributed by atoms with Crippen molar-refractivity contribution in [1.82, 2.24) is 15.6 Å². The van der Waals surface area contributed by atoms with Gasteiger partial charge in [-0.25, -0.2) is 4.79 Å². The average Bonchev–Trinajstić information content (AvgIpc) is 3.06. The second kappa shape index (κ2) is 12.5. The van der Waals surface area contributed by atoms with Crippen LogP contribution < -0.4 is 16.4 Å². The van der Waals surface area contributed by atoms with E-state index in [0.29, 0.717) is 0 Å². The van der Waals surface area contributed by atoms with E-state index in [2.05, 4.69) is 15.6 Å². The Kier molecular flexibility index (Phi) is 10.7. The molecule has 163 valence electrons. The summed E-state index contributed by atoms with van der Waals surface area (Å²) >= 11 is 0. The molecule has 1 aromatic carbocycles. The van der Waals surface area contributed by atoms with Crippen LogP contribution in [0.2, 0.25) is 0 Å². The first-order valence-electron chi connectivity index (χ1n) is 9.83. The first-order valence-corrected chi connectivity index (χ1v) is 9.83. The number of amides is 3. The summed E-state index contributed by atoms with van der Waals surface area (Å²) in [6.07, 6.45) is 1.86. The normalized spacial score (nSPS) is 12.6. The molecule has 0 fully saturated rings. The zero-order valence-corrected chi connectivity index (χ0v) is 20.1. The van der Waals surface area contributed by atoms with Gasteiger partial charge in [-0.2, -0.15) is 0 Å². The third-order valence-electron chi connectivity index (χ3n) is 4.64. The van der Waals surface area contributed by atoms with Crippen molar-refractivity contribution in [1.29, 1.82) is 0 Å². The number of carboxylic acid groups (broad SMARTS) is 1. The molecule has 1 aromatic heterocycles. The number of aliphatic carboxylic acids is 1. The number of para-hydroxylation sites is 1. The third kappa shape index (κ3) is 8.35. The van der Waals surface area contributed by atoms with Gasteiger partial charge >= 0.3 is 5.97 Å². The van der Waals surface area contributed by atoms with Gasteiger partial charge in [-0.3, -0.25) is 14.4 Å². The minimum Gasteiger partial charge on any atom is -0.480 e. The molecule has 0 aliphatic rings. The number of nitrogens with one attached hydrogen (secondary N) is 3. The molecule has 9 nitrogen and oxygen atoms in total. The summed E-state index contributed by atoms with van der Waals surface area (Å²) in [6, 6.07) is 5.20. The molecular formula is C21H28N4NaO5. The second-order valence-corrected chi connectivity index (χ2v) is 7.69. The molecule has 0 aliphatic heterocycles. The average molecular weight is 439 g/mol. The number of carbonyl (C=O) groups excluding carboxylic acids is 3. The van der Waals surface area contributed by atoms with Gasteiger partial charge in [0.2, 0.25) is 17.7 Å². The number of primary amides is 1. The number of hydrogen-bond donors (Lipinski definition) is 5. The van der Waals surface area contributed by atoms with Crippen LogP contribution in [0.15, 0.2) is 30.5 Å². The number of hydrogen-bond acceptors (Lipinski definition) is 4. The first-order chi connectivity index (χ1) is 14.2. The summed E-state index contributed by atoms with van der Waals surface area (Å²) in [5.41, 5.74) is 6.77. The number of carboxylic acids is 1. The number of benzene rings is 1. The van der Waals surface area contributed by atoms with Gasteiger partial charge in [0.25, 0.3) is 0 Å². The summed E-state index contributed by atoms with van der Waals surface area (Å²) in [5, 5.41) is 15.5. The van der Waals surface area contributed by atoms with E-state index in [0.717, 1.165) is 16.5 Å². The van der Waals surface area contributed by atoms with Crippen LogP contribution in [0.5, 0.6) is 0 Å². The van der Waals surface area contributed by atoms with Crippen molar-refractivity contribution in [2.24, 2.45) is 11.7 Å². The summed E-state index contributed by atoms with van der Waals surface area (Å²) in [7, 11) is 0. The molecule has 2 aromatic rings. The van der Waals surface area contributed by atoms with Crippen molar-refractivity contribution in [2.45, 2.75) is 51.6 Å². The van der Waals surface area contributed by atoms with Crippen LogP contribution in [-0.2, 0) is 25.6 Å². The van der Waals surface area contributed by atoms with Gasteiger partial charge in [-0.05, 0) is 24.0 Å². The van der Waals surface area contributed by atoms with E-state index in [1.165, 1.54) is 0 Å². The number of fused-ring (bicyclic) bond motifs is 1. The van der Waals surface area contributed by atoms with E-state index in [9.17, 15) is 24.3 Å². The zero-order chi connectivity index (χ0) is 22.3. The molecule has 31 heavy (non-hydrogen) atoms. The van der Waals surface area contributed by atoms with Gasteiger partial charge in [0.15, 0.2) is 0 Å². The molecule has 1 radical (unpaired) electrons. The van der Waals surface area contributed by atoms with Crippen LogP contribution in [0, 0.1) is 5.92 Å². The molecule has 1 heterocycles. The Bertz CT molecular complexity index is 927. The van der Waals surface area contributed by atoms with Crippen LogP contribution >= 0.6 is 0 Å². The van der Waals surface area contributed by atoms with Crippen molar-refractivity contribution < 1.29 is 24.3 Å². The van der Waals surface area contributed by atoms with E-state index in [4.69, 9.17) is 5.73 Å². The molecule has 0 unspecified atom stereocenters. The third-order valence-corrected chi connectivity index (χ3v) is 4.64. The van der Waals surface area contributed by atoms with E-state index in [-0.39, 0.29) is 67.1 Å². The van der Waals surface area contributed by atoms with E-state index >= 15 is 0 Å². The molecule has 0 saturated heterocycles. The summed E-state index contributed by atoms with van der Waals surface area (Å²) in [4.78, 5) is 50.8. The van der Waals surface area contributed by atoms with Crippen LogP contribution in [0.4, 0.5) is 0 Å². The molecule has 6 N–H and O–H groups in total. The number of nitrogens with two attached hydrogens (primary N) is 1. The largest absolute Gasteiger partial charge is 0.480 e. The second-order valence-electron chi connectivity index (χ2n) is 7.69. The number of aromatic amines is 1. The van der Waals surface area contributed by atoms with Crippen LogP contribution in [-0.4, -0.2) is 75.4 Å². The maximum atomic E-state index is 12.7. The maximum Gasteiger partial charge on any atom is 0.326 e. The van der Waals surface area contributed by atoms with Gasteiger partial charge in [0.1, 0.15) is 12.1 Å². The monoisotopic (exact) mass is 439 g/mol. The Morgan fingerprint density at radius 3 is 2.39 bits per heavy atom. The van der Waals surface area contributed by atoms with Gasteiger partial charge in [0.05, 0.1) is 0 Å². The molecule has 0 aliphatic carbocycles. The van der Waals surface area contributed by atoms with E-state index < -0.39 is 29.9 Å². The van der Waals surface area contributed by atoms with E-state index in [1.807, 2.05) is 38.1 Å². The summed E-state index contributed by atoms with van der Waals surface area (Å²) in [6.45, 7) is 3.72. The van der Waals surface area contributed by atoms with Crippen molar-refractivity contribution >= 4 is 64.2 Å². The van der Waals surface area contributed by atoms with Crippen molar-refractivity contribution in [3.8, 4) is 0 Å².